The summed E-state index contributed by atoms with van der Waals surface area (Å²) in [4.78, 5) is 25.1. The number of rotatable bonds is 6. The number of halogens is 1. The number of carbonyl (C=O) groups excluding carboxylic acids is 2. The Kier molecular flexibility index (Phi) is 5.78. The van der Waals surface area contributed by atoms with E-state index < -0.39 is 17.6 Å². The molecule has 4 nitrogen and oxygen atoms in total. The number of ketones is 1. The normalized spacial score (nSPS) is 10.7. The molecule has 0 atom stereocenters. The van der Waals surface area contributed by atoms with Crippen LogP contribution in [0.2, 0.25) is 0 Å². The van der Waals surface area contributed by atoms with E-state index in [1.807, 2.05) is 12.1 Å². The van der Waals surface area contributed by atoms with E-state index >= 15 is 0 Å². The van der Waals surface area contributed by atoms with Gasteiger partial charge in [0.25, 0.3) is 0 Å². The minimum absolute atomic E-state index is 0.00415. The molecular formula is C21H15FO4S. The predicted molar refractivity (Wildman–Crippen MR) is 102 cm³/mol. The first-order chi connectivity index (χ1) is 13.1. The lowest BCUT2D eigenvalue weighted by molar-refractivity contribution is 0.0738. The monoisotopic (exact) mass is 382 g/mol. The van der Waals surface area contributed by atoms with Crippen LogP contribution in [0, 0.1) is 5.82 Å². The summed E-state index contributed by atoms with van der Waals surface area (Å²) in [5.74, 6) is -1.08. The zero-order valence-corrected chi connectivity index (χ0v) is 15.2. The average molecular weight is 382 g/mol. The van der Waals surface area contributed by atoms with Gasteiger partial charge in [0.05, 0.1) is 12.7 Å². The highest BCUT2D eigenvalue weighted by molar-refractivity contribution is 7.12. The third-order valence-electron chi connectivity index (χ3n) is 3.69. The third-order valence-corrected chi connectivity index (χ3v) is 4.54. The first-order valence-corrected chi connectivity index (χ1v) is 8.87. The van der Waals surface area contributed by atoms with Crippen molar-refractivity contribution in [2.24, 2.45) is 0 Å². The predicted octanol–water partition coefficient (Wildman–Crippen LogP) is 5.01. The van der Waals surface area contributed by atoms with Gasteiger partial charge in [0.2, 0.25) is 0 Å². The molecule has 2 aromatic carbocycles. The van der Waals surface area contributed by atoms with Gasteiger partial charge in [-0.1, -0.05) is 24.3 Å². The van der Waals surface area contributed by atoms with Crippen molar-refractivity contribution in [3.8, 4) is 11.5 Å². The number of thiophene rings is 1. The van der Waals surface area contributed by atoms with Gasteiger partial charge >= 0.3 is 5.97 Å². The van der Waals surface area contributed by atoms with Crippen LogP contribution in [0.3, 0.4) is 0 Å². The lowest BCUT2D eigenvalue weighted by atomic mass is 10.1. The SMILES string of the molecule is COc1ccccc1/C=C/C(=O)c1cc(F)ccc1OC(=O)c1cccs1. The molecule has 3 rings (SSSR count). The van der Waals surface area contributed by atoms with Crippen LogP contribution in [0.5, 0.6) is 11.5 Å². The molecule has 0 saturated carbocycles. The van der Waals surface area contributed by atoms with Gasteiger partial charge in [-0.15, -0.1) is 11.3 Å². The molecule has 0 bridgehead atoms. The molecule has 0 aliphatic heterocycles. The summed E-state index contributed by atoms with van der Waals surface area (Å²) in [6.07, 6.45) is 2.85. The number of hydrogen-bond donors (Lipinski definition) is 0. The van der Waals surface area contributed by atoms with E-state index in [1.165, 1.54) is 30.6 Å². The topological polar surface area (TPSA) is 52.6 Å². The van der Waals surface area contributed by atoms with Crippen LogP contribution in [0.1, 0.15) is 25.6 Å². The molecule has 0 fully saturated rings. The van der Waals surface area contributed by atoms with Crippen molar-refractivity contribution in [1.29, 1.82) is 0 Å². The lowest BCUT2D eigenvalue weighted by Crippen LogP contribution is -2.10. The van der Waals surface area contributed by atoms with E-state index in [0.717, 1.165) is 12.1 Å². The molecule has 1 aromatic heterocycles. The Morgan fingerprint density at radius 2 is 1.85 bits per heavy atom. The second-order valence-corrected chi connectivity index (χ2v) is 6.39. The van der Waals surface area contributed by atoms with Crippen molar-refractivity contribution < 1.29 is 23.5 Å². The highest BCUT2D eigenvalue weighted by Gasteiger charge is 2.17. The molecule has 0 radical (unpaired) electrons. The first-order valence-electron chi connectivity index (χ1n) is 7.99. The van der Waals surface area contributed by atoms with Crippen molar-refractivity contribution in [2.45, 2.75) is 0 Å². The van der Waals surface area contributed by atoms with Crippen LogP contribution < -0.4 is 9.47 Å². The fourth-order valence-electron chi connectivity index (χ4n) is 2.39. The van der Waals surface area contributed by atoms with E-state index in [9.17, 15) is 14.0 Å². The van der Waals surface area contributed by atoms with Gasteiger partial charge in [0.1, 0.15) is 22.2 Å². The maximum absolute atomic E-state index is 13.7. The van der Waals surface area contributed by atoms with Crippen LogP contribution in [-0.4, -0.2) is 18.9 Å². The molecule has 136 valence electrons. The number of carbonyl (C=O) groups is 2. The molecule has 27 heavy (non-hydrogen) atoms. The van der Waals surface area contributed by atoms with Crippen molar-refractivity contribution >= 4 is 29.2 Å². The van der Waals surface area contributed by atoms with Crippen LogP contribution in [0.4, 0.5) is 4.39 Å². The summed E-state index contributed by atoms with van der Waals surface area (Å²) in [5.41, 5.74) is 0.660. The van der Waals surface area contributed by atoms with Gasteiger partial charge in [0, 0.05) is 5.56 Å². The molecule has 0 aliphatic rings. The maximum Gasteiger partial charge on any atom is 0.353 e. The quantitative estimate of drug-likeness (QED) is 0.260. The molecule has 6 heteroatoms. The van der Waals surface area contributed by atoms with E-state index in [4.69, 9.17) is 9.47 Å². The highest BCUT2D eigenvalue weighted by Crippen LogP contribution is 2.24. The van der Waals surface area contributed by atoms with E-state index in [2.05, 4.69) is 0 Å². The Labute approximate surface area is 159 Å². The summed E-state index contributed by atoms with van der Waals surface area (Å²) in [5, 5.41) is 1.74. The number of esters is 1. The van der Waals surface area contributed by atoms with Gasteiger partial charge in [-0.2, -0.15) is 0 Å². The number of ether oxygens (including phenoxy) is 2. The number of methoxy groups -OCH3 is 1. The summed E-state index contributed by atoms with van der Waals surface area (Å²) in [6, 6.07) is 13.9. The van der Waals surface area contributed by atoms with Crippen molar-refractivity contribution in [3.63, 3.8) is 0 Å². The highest BCUT2D eigenvalue weighted by atomic mass is 32.1. The molecule has 0 aliphatic carbocycles. The number of para-hydroxylation sites is 1. The van der Waals surface area contributed by atoms with Gasteiger partial charge < -0.3 is 9.47 Å². The summed E-state index contributed by atoms with van der Waals surface area (Å²) < 4.78 is 24.2. The Morgan fingerprint density at radius 1 is 1.04 bits per heavy atom. The summed E-state index contributed by atoms with van der Waals surface area (Å²) in [7, 11) is 1.53. The molecule has 0 N–H and O–H groups in total. The molecule has 0 amide bonds. The van der Waals surface area contributed by atoms with E-state index in [1.54, 1.807) is 35.7 Å². The second-order valence-electron chi connectivity index (χ2n) is 5.45. The van der Waals surface area contributed by atoms with Crippen LogP contribution in [0.15, 0.2) is 66.1 Å². The van der Waals surface area contributed by atoms with Gasteiger partial charge in [-0.05, 0) is 47.9 Å². The molecule has 0 spiro atoms. The first kappa shape index (κ1) is 18.5. The molecular weight excluding hydrogens is 367 g/mol. The Hall–Kier alpha value is -3.25. The fraction of sp³-hybridized carbons (Fsp3) is 0.0476. The van der Waals surface area contributed by atoms with Crippen LogP contribution in [0.25, 0.3) is 6.08 Å². The minimum Gasteiger partial charge on any atom is -0.496 e. The number of benzene rings is 2. The smallest absolute Gasteiger partial charge is 0.353 e. The number of hydrogen-bond acceptors (Lipinski definition) is 5. The summed E-state index contributed by atoms with van der Waals surface area (Å²) >= 11 is 1.22. The van der Waals surface area contributed by atoms with E-state index in [0.29, 0.717) is 16.2 Å². The fourth-order valence-corrected chi connectivity index (χ4v) is 2.99. The lowest BCUT2D eigenvalue weighted by Gasteiger charge is -2.08. The van der Waals surface area contributed by atoms with Gasteiger partial charge in [0.15, 0.2) is 5.78 Å². The van der Waals surface area contributed by atoms with E-state index in [-0.39, 0.29) is 11.3 Å². The Bertz CT molecular complexity index is 993. The Balaban J connectivity index is 1.86. The van der Waals surface area contributed by atoms with Gasteiger partial charge in [-0.25, -0.2) is 9.18 Å². The van der Waals surface area contributed by atoms with Gasteiger partial charge in [-0.3, -0.25) is 4.79 Å². The van der Waals surface area contributed by atoms with Crippen molar-refractivity contribution in [2.75, 3.05) is 7.11 Å². The zero-order chi connectivity index (χ0) is 19.2. The molecule has 0 unspecified atom stereocenters. The standard InChI is InChI=1S/C21H15FO4S/c1-25-18-6-3-2-5-14(18)8-10-17(23)16-13-15(22)9-11-19(16)26-21(24)20-7-4-12-27-20/h2-13H,1H3/b10-8+. The molecule has 1 heterocycles. The number of allylic oxidation sites excluding steroid dienone is 1. The van der Waals surface area contributed by atoms with Crippen molar-refractivity contribution in [3.05, 3.63) is 87.9 Å². The molecule has 0 saturated heterocycles. The average Bonchev–Trinajstić information content (AvgIpc) is 3.22. The summed E-state index contributed by atoms with van der Waals surface area (Å²) in [6.45, 7) is 0. The van der Waals surface area contributed by atoms with Crippen molar-refractivity contribution in [1.82, 2.24) is 0 Å². The third kappa shape index (κ3) is 4.48. The van der Waals surface area contributed by atoms with Crippen LogP contribution >= 0.6 is 11.3 Å². The maximum atomic E-state index is 13.7. The minimum atomic E-state index is -0.598. The second kappa shape index (κ2) is 8.42. The molecule has 3 aromatic rings. The zero-order valence-electron chi connectivity index (χ0n) is 14.3. The Morgan fingerprint density at radius 3 is 2.59 bits per heavy atom. The largest absolute Gasteiger partial charge is 0.496 e. The van der Waals surface area contributed by atoms with Crippen LogP contribution in [-0.2, 0) is 0 Å².